The lowest BCUT2D eigenvalue weighted by Crippen LogP contribution is -2.11. The summed E-state index contributed by atoms with van der Waals surface area (Å²) in [5, 5.41) is 0. The second-order valence-electron chi connectivity index (χ2n) is 3.08. The summed E-state index contributed by atoms with van der Waals surface area (Å²) in [4.78, 5) is 14.3. The lowest BCUT2D eigenvalue weighted by atomic mass is 10.2. The first-order valence-electron chi connectivity index (χ1n) is 4.15. The van der Waals surface area contributed by atoms with Gasteiger partial charge in [0.1, 0.15) is 5.69 Å². The van der Waals surface area contributed by atoms with Crippen molar-refractivity contribution in [3.05, 3.63) is 23.5 Å². The number of halogens is 3. The number of hydrogen-bond acceptors (Lipinski definition) is 3. The minimum absolute atomic E-state index is 0.186. The first kappa shape index (κ1) is 12.8. The zero-order valence-electron chi connectivity index (χ0n) is 8.46. The van der Waals surface area contributed by atoms with Crippen LogP contribution in [0.25, 0.3) is 0 Å². The molecule has 0 saturated heterocycles. The largest absolute Gasteiger partial charge is 0.417 e. The summed E-state index contributed by atoms with van der Waals surface area (Å²) < 4.78 is 48.2. The molecule has 0 fully saturated rings. The van der Waals surface area contributed by atoms with Crippen molar-refractivity contribution in [1.82, 2.24) is 4.98 Å². The van der Waals surface area contributed by atoms with Crippen LogP contribution in [0.15, 0.2) is 17.2 Å². The van der Waals surface area contributed by atoms with E-state index in [0.717, 1.165) is 6.92 Å². The van der Waals surface area contributed by atoms with E-state index in [2.05, 4.69) is 4.98 Å². The lowest BCUT2D eigenvalue weighted by Gasteiger charge is -2.09. The van der Waals surface area contributed by atoms with E-state index in [1.54, 1.807) is 0 Å². The molecule has 0 aliphatic rings. The van der Waals surface area contributed by atoms with E-state index in [1.807, 2.05) is 0 Å². The topological polar surface area (TPSA) is 47.0 Å². The van der Waals surface area contributed by atoms with Gasteiger partial charge >= 0.3 is 6.18 Å². The fraction of sp³-hybridized carbons (Fsp3) is 0.333. The van der Waals surface area contributed by atoms with Crippen molar-refractivity contribution in [2.45, 2.75) is 18.0 Å². The van der Waals surface area contributed by atoms with Crippen molar-refractivity contribution in [1.29, 1.82) is 0 Å². The highest BCUT2D eigenvalue weighted by molar-refractivity contribution is 7.84. The van der Waals surface area contributed by atoms with Crippen molar-refractivity contribution in [2.75, 3.05) is 6.26 Å². The van der Waals surface area contributed by atoms with Crippen LogP contribution in [0.2, 0.25) is 0 Å². The summed E-state index contributed by atoms with van der Waals surface area (Å²) in [7, 11) is -1.69. The molecule has 16 heavy (non-hydrogen) atoms. The first-order chi connectivity index (χ1) is 7.23. The number of carbonyl (C=O) groups excluding carboxylic acids is 1. The van der Waals surface area contributed by atoms with E-state index in [1.165, 1.54) is 6.26 Å². The molecule has 1 aromatic heterocycles. The molecular weight excluding hydrogens is 243 g/mol. The maximum Gasteiger partial charge on any atom is 0.417 e. The van der Waals surface area contributed by atoms with Crippen LogP contribution in [0.1, 0.15) is 23.0 Å². The van der Waals surface area contributed by atoms with Crippen molar-refractivity contribution in [3.63, 3.8) is 0 Å². The van der Waals surface area contributed by atoms with Crippen LogP contribution in [0, 0.1) is 0 Å². The molecule has 0 saturated carbocycles. The Morgan fingerprint density at radius 1 is 1.44 bits per heavy atom. The summed E-state index contributed by atoms with van der Waals surface area (Å²) in [6, 6.07) is 0.694. The van der Waals surface area contributed by atoms with Gasteiger partial charge in [0, 0.05) is 19.4 Å². The van der Waals surface area contributed by atoms with Crippen molar-refractivity contribution < 1.29 is 22.2 Å². The molecule has 1 unspecified atom stereocenters. The van der Waals surface area contributed by atoms with E-state index in [-0.39, 0.29) is 10.6 Å². The average molecular weight is 251 g/mol. The smallest absolute Gasteiger partial charge is 0.293 e. The van der Waals surface area contributed by atoms with E-state index >= 15 is 0 Å². The van der Waals surface area contributed by atoms with E-state index in [9.17, 15) is 22.2 Å². The molecule has 0 aliphatic heterocycles. The SMILES string of the molecule is CC(=O)c1ncc(C(F)(F)F)cc1S(C)=O. The number of carbonyl (C=O) groups is 1. The predicted octanol–water partition coefficient (Wildman–Crippen LogP) is 2.04. The molecule has 1 rings (SSSR count). The number of pyridine rings is 1. The maximum absolute atomic E-state index is 12.3. The lowest BCUT2D eigenvalue weighted by molar-refractivity contribution is -0.138. The zero-order valence-corrected chi connectivity index (χ0v) is 9.28. The minimum atomic E-state index is -4.56. The monoisotopic (exact) mass is 251 g/mol. The Kier molecular flexibility index (Phi) is 3.47. The number of aromatic nitrogens is 1. The van der Waals surface area contributed by atoms with Gasteiger partial charge in [-0.15, -0.1) is 0 Å². The van der Waals surface area contributed by atoms with Crippen LogP contribution < -0.4 is 0 Å². The molecule has 0 aromatic carbocycles. The second-order valence-corrected chi connectivity index (χ2v) is 4.43. The fourth-order valence-corrected chi connectivity index (χ4v) is 1.84. The van der Waals surface area contributed by atoms with Crippen LogP contribution >= 0.6 is 0 Å². The van der Waals surface area contributed by atoms with Gasteiger partial charge in [0.25, 0.3) is 0 Å². The number of alkyl halides is 3. The number of hydrogen-bond donors (Lipinski definition) is 0. The highest BCUT2D eigenvalue weighted by Gasteiger charge is 2.32. The van der Waals surface area contributed by atoms with Crippen LogP contribution in [-0.4, -0.2) is 21.2 Å². The van der Waals surface area contributed by atoms with Gasteiger partial charge in [-0.05, 0) is 6.07 Å². The van der Waals surface area contributed by atoms with E-state index in [4.69, 9.17) is 0 Å². The fourth-order valence-electron chi connectivity index (χ4n) is 1.08. The molecule has 0 aliphatic carbocycles. The van der Waals surface area contributed by atoms with E-state index in [0.29, 0.717) is 12.3 Å². The van der Waals surface area contributed by atoms with Gasteiger partial charge in [-0.2, -0.15) is 13.2 Å². The summed E-state index contributed by atoms with van der Waals surface area (Å²) in [6.45, 7) is 1.16. The average Bonchev–Trinajstić information content (AvgIpc) is 2.15. The van der Waals surface area contributed by atoms with Crippen molar-refractivity contribution >= 4 is 16.6 Å². The Hall–Kier alpha value is -1.24. The summed E-state index contributed by atoms with van der Waals surface area (Å²) in [5.74, 6) is -0.515. The van der Waals surface area contributed by atoms with Crippen molar-refractivity contribution in [3.8, 4) is 0 Å². The van der Waals surface area contributed by atoms with Gasteiger partial charge in [0.05, 0.1) is 21.3 Å². The molecule has 1 atom stereocenters. The molecule has 0 radical (unpaired) electrons. The first-order valence-corrected chi connectivity index (χ1v) is 5.71. The normalized spacial score (nSPS) is 13.6. The molecule has 0 spiro atoms. The zero-order chi connectivity index (χ0) is 12.5. The Balaban J connectivity index is 3.40. The molecule has 0 amide bonds. The van der Waals surface area contributed by atoms with Crippen molar-refractivity contribution in [2.24, 2.45) is 0 Å². The minimum Gasteiger partial charge on any atom is -0.293 e. The summed E-state index contributed by atoms with van der Waals surface area (Å²) in [5.41, 5.74) is -1.20. The Labute approximate surface area is 92.1 Å². The Bertz CT molecular complexity index is 457. The quantitative estimate of drug-likeness (QED) is 0.756. The van der Waals surface area contributed by atoms with Crippen LogP contribution in [0.3, 0.4) is 0 Å². The molecule has 3 nitrogen and oxygen atoms in total. The molecule has 0 N–H and O–H groups in total. The summed E-state index contributed by atoms with van der Waals surface area (Å²) in [6.07, 6.45) is -2.80. The third-order valence-corrected chi connectivity index (χ3v) is 2.75. The van der Waals surface area contributed by atoms with Gasteiger partial charge in [0.2, 0.25) is 0 Å². The number of Topliss-reactive ketones (excluding diaryl/α,β-unsaturated/α-hetero) is 1. The molecular formula is C9H8F3NO2S. The third kappa shape index (κ3) is 2.66. The van der Waals surface area contributed by atoms with Gasteiger partial charge < -0.3 is 0 Å². The molecule has 0 bridgehead atoms. The van der Waals surface area contributed by atoms with Crippen LogP contribution in [-0.2, 0) is 17.0 Å². The van der Waals surface area contributed by atoms with Gasteiger partial charge in [-0.1, -0.05) is 0 Å². The Morgan fingerprint density at radius 3 is 2.38 bits per heavy atom. The number of nitrogens with zero attached hydrogens (tertiary/aromatic N) is 1. The van der Waals surface area contributed by atoms with E-state index < -0.39 is 28.3 Å². The number of ketones is 1. The Morgan fingerprint density at radius 2 is 2.00 bits per heavy atom. The maximum atomic E-state index is 12.3. The van der Waals surface area contributed by atoms with Gasteiger partial charge in [-0.3, -0.25) is 14.0 Å². The molecule has 1 heterocycles. The van der Waals surface area contributed by atoms with Gasteiger partial charge in [-0.25, -0.2) is 0 Å². The molecule has 7 heteroatoms. The molecule has 1 aromatic rings. The number of rotatable bonds is 2. The highest BCUT2D eigenvalue weighted by atomic mass is 32.2. The second kappa shape index (κ2) is 4.32. The highest BCUT2D eigenvalue weighted by Crippen LogP contribution is 2.30. The van der Waals surface area contributed by atoms with Crippen LogP contribution in [0.4, 0.5) is 13.2 Å². The summed E-state index contributed by atoms with van der Waals surface area (Å²) >= 11 is 0. The predicted molar refractivity (Wildman–Crippen MR) is 51.6 cm³/mol. The van der Waals surface area contributed by atoms with Gasteiger partial charge in [0.15, 0.2) is 5.78 Å². The third-order valence-electron chi connectivity index (χ3n) is 1.82. The molecule has 88 valence electrons. The standard InChI is InChI=1S/C9H8F3NO2S/c1-5(14)8-7(16(2)15)3-6(4-13-8)9(10,11)12/h3-4H,1-2H3. The van der Waals surface area contributed by atoms with Crippen LogP contribution in [0.5, 0.6) is 0 Å².